The Hall–Kier alpha value is -11.4. The maximum atomic E-state index is 6.60. The number of hydrogen-bond acceptors (Lipinski definition) is 2. The molecule has 4 aromatic heterocycles. The van der Waals surface area contributed by atoms with Gasteiger partial charge in [0, 0.05) is 64.6 Å². The summed E-state index contributed by atoms with van der Waals surface area (Å²) < 4.78 is 6.10. The zero-order valence-electron chi connectivity index (χ0n) is 59.7. The molecule has 0 amide bonds. The second-order valence-electron chi connectivity index (χ2n) is 28.4. The number of fused-ring (bicyclic) bond motifs is 23. The van der Waals surface area contributed by atoms with Crippen LogP contribution in [0.2, 0.25) is 20.1 Å². The summed E-state index contributed by atoms with van der Waals surface area (Å²) in [5, 5.41) is 16.6. The van der Waals surface area contributed by atoms with Gasteiger partial charge in [0.25, 0.3) is 0 Å². The number of allylic oxidation sites excluding steroid dienone is 4. The van der Waals surface area contributed by atoms with Crippen molar-refractivity contribution in [3.05, 3.63) is 402 Å². The molecule has 0 saturated carbocycles. The van der Waals surface area contributed by atoms with E-state index < -0.39 is 0 Å². The number of nitrogens with one attached hydrogen (secondary N) is 1. The average Bonchev–Trinajstić information content (AvgIpc) is 1.53. The fourth-order valence-electron chi connectivity index (χ4n) is 17.4. The van der Waals surface area contributed by atoms with Crippen LogP contribution in [-0.2, 0) is 25.7 Å². The molecular weight excluding hydrogens is 1480 g/mol. The molecule has 1 N–H and O–H groups in total. The van der Waals surface area contributed by atoms with E-state index in [0.29, 0.717) is 20.1 Å². The molecule has 0 saturated heterocycles. The minimum atomic E-state index is 0.617. The van der Waals surface area contributed by atoms with Gasteiger partial charge in [0.05, 0.1) is 64.6 Å². The highest BCUT2D eigenvalue weighted by atomic mass is 79.9. The number of aromatic nitrogens is 2. The minimum absolute atomic E-state index is 0.617. The zero-order chi connectivity index (χ0) is 73.5. The van der Waals surface area contributed by atoms with Crippen LogP contribution in [0, 0.1) is 0 Å². The molecule has 15 aromatic carbocycles. The van der Waals surface area contributed by atoms with E-state index in [1.165, 1.54) is 165 Å². The highest BCUT2D eigenvalue weighted by molar-refractivity contribution is 9.10. The molecule has 0 atom stereocenters. The average molecular weight is 1550 g/mol. The van der Waals surface area contributed by atoms with Crippen molar-refractivity contribution in [2.45, 2.75) is 39.5 Å². The van der Waals surface area contributed by atoms with Crippen molar-refractivity contribution in [2.24, 2.45) is 0 Å². The first-order valence-electron chi connectivity index (χ1n) is 37.0. The Bertz CT molecular complexity index is 6830. The Labute approximate surface area is 661 Å². The van der Waals surface area contributed by atoms with Crippen LogP contribution in [0.1, 0.15) is 58.4 Å². The van der Waals surface area contributed by atoms with Gasteiger partial charge in [-0.05, 0) is 232 Å². The normalized spacial score (nSPS) is 12.7. The van der Waals surface area contributed by atoms with E-state index in [-0.39, 0.29) is 0 Å². The summed E-state index contributed by atoms with van der Waals surface area (Å²) in [6.07, 6.45) is 8.58. The summed E-state index contributed by atoms with van der Waals surface area (Å²) in [7, 11) is 0. The number of para-hydroxylation sites is 8. The van der Waals surface area contributed by atoms with Crippen molar-refractivity contribution >= 4 is 173 Å². The van der Waals surface area contributed by atoms with Gasteiger partial charge in [-0.2, -0.15) is 0 Å². The van der Waals surface area contributed by atoms with Gasteiger partial charge in [-0.25, -0.2) is 0 Å². The van der Waals surface area contributed by atoms with E-state index in [4.69, 9.17) is 46.4 Å². The number of halogens is 5. The quantitative estimate of drug-likeness (QED) is 0.179. The standard InChI is InChI=1S/C25H17Cl2N.C25H15N.C25H19N.C13H9Br.C12H9Cl2N/c26-23-11-6-12-24(27)25(23)28(19-8-2-1-3-9-19)20-14-13-18-15-17-7-4-5-10-21(17)22(18)16-20;1-2-7-17-15(6-1)12-16-13-22-20-10-5-9-19-18-8-3-4-11-23(18)26(25(19)20)24(22)14-21(16)17;1-3-7-16-14-17-12-13-22-24(23(17)15(16)2)20-10-6-9-19-18-8-4-5-11-21(18)26(22)25(19)20;14-11-6-5-10-7-9-3-1-2-4-12(9)13(10)8-11;13-10-7-4-8-11(14)12(10)15-9-5-2-1-3-6-9/h1-14,16H,15H2;1-11,13-14H,12H2;3-13H,14H2,1-2H3;1-6,8H,7H2;1-8,15H/b;;7-3-;;. The van der Waals surface area contributed by atoms with Crippen LogP contribution in [-0.4, -0.2) is 8.80 Å². The molecule has 0 bridgehead atoms. The van der Waals surface area contributed by atoms with E-state index in [1.54, 1.807) is 12.1 Å². The van der Waals surface area contributed by atoms with Crippen molar-refractivity contribution in [3.63, 3.8) is 0 Å². The van der Waals surface area contributed by atoms with Crippen molar-refractivity contribution in [1.29, 1.82) is 0 Å². The topological polar surface area (TPSA) is 24.1 Å². The molecule has 4 aliphatic rings. The lowest BCUT2D eigenvalue weighted by Crippen LogP contribution is -2.11. The lowest BCUT2D eigenvalue weighted by atomic mass is 9.98. The molecule has 4 heterocycles. The van der Waals surface area contributed by atoms with Crippen LogP contribution in [0.5, 0.6) is 0 Å². The first-order chi connectivity index (χ1) is 53.5. The molecule has 4 nitrogen and oxygen atoms in total. The Morgan fingerprint density at radius 1 is 0.349 bits per heavy atom. The van der Waals surface area contributed by atoms with Gasteiger partial charge >= 0.3 is 0 Å². The summed E-state index contributed by atoms with van der Waals surface area (Å²) in [5.74, 6) is 0. The first-order valence-corrected chi connectivity index (χ1v) is 39.3. The van der Waals surface area contributed by atoms with Gasteiger partial charge in [-0.3, -0.25) is 0 Å². The van der Waals surface area contributed by atoms with Crippen molar-refractivity contribution in [1.82, 2.24) is 8.80 Å². The molecule has 0 aliphatic heterocycles. The van der Waals surface area contributed by atoms with Crippen LogP contribution in [0.15, 0.2) is 338 Å². The van der Waals surface area contributed by atoms with E-state index >= 15 is 0 Å². The van der Waals surface area contributed by atoms with E-state index in [1.807, 2.05) is 72.8 Å². The van der Waals surface area contributed by atoms with Crippen molar-refractivity contribution in [2.75, 3.05) is 10.2 Å². The van der Waals surface area contributed by atoms with Crippen LogP contribution >= 0.6 is 62.3 Å². The third-order valence-electron chi connectivity index (χ3n) is 22.2. The van der Waals surface area contributed by atoms with E-state index in [2.05, 4.69) is 291 Å². The molecule has 0 unspecified atom stereocenters. The summed E-state index contributed by atoms with van der Waals surface area (Å²) in [6.45, 7) is 4.39. The number of nitrogens with zero attached hydrogens (tertiary/aromatic N) is 3. The summed E-state index contributed by atoms with van der Waals surface area (Å²) in [4.78, 5) is 2.13. The third-order valence-corrected chi connectivity index (χ3v) is 23.9. The molecule has 19 aromatic rings. The van der Waals surface area contributed by atoms with Gasteiger partial charge in [-0.1, -0.05) is 287 Å². The maximum Gasteiger partial charge on any atom is 0.0835 e. The lowest BCUT2D eigenvalue weighted by Gasteiger charge is -2.27. The smallest absolute Gasteiger partial charge is 0.0835 e. The summed E-state index contributed by atoms with van der Waals surface area (Å²) in [5.41, 5.74) is 35.0. The number of hydrogen-bond donors (Lipinski definition) is 1. The van der Waals surface area contributed by atoms with Crippen LogP contribution in [0.3, 0.4) is 0 Å². The van der Waals surface area contributed by atoms with Crippen LogP contribution < -0.4 is 10.2 Å². The molecule has 9 heteroatoms. The van der Waals surface area contributed by atoms with Gasteiger partial charge in [0.1, 0.15) is 0 Å². The van der Waals surface area contributed by atoms with Gasteiger partial charge in [0.2, 0.25) is 0 Å². The van der Waals surface area contributed by atoms with Crippen molar-refractivity contribution in [3.8, 4) is 33.4 Å². The van der Waals surface area contributed by atoms with Crippen LogP contribution in [0.25, 0.3) is 115 Å². The van der Waals surface area contributed by atoms with E-state index in [9.17, 15) is 0 Å². The molecule has 0 spiro atoms. The fourth-order valence-corrected chi connectivity index (χ4v) is 18.8. The lowest BCUT2D eigenvalue weighted by molar-refractivity contribution is 1.24. The third kappa shape index (κ3) is 11.9. The number of rotatable bonds is 6. The van der Waals surface area contributed by atoms with E-state index in [0.717, 1.165) is 58.6 Å². The first kappa shape index (κ1) is 68.2. The molecule has 23 rings (SSSR count). The predicted molar refractivity (Wildman–Crippen MR) is 470 cm³/mol. The Kier molecular flexibility index (Phi) is 17.7. The Morgan fingerprint density at radius 3 is 1.42 bits per heavy atom. The monoisotopic (exact) mass is 1540 g/mol. The highest BCUT2D eigenvalue weighted by Crippen LogP contribution is 2.50. The molecule has 524 valence electrons. The number of benzene rings is 15. The largest absolute Gasteiger partial charge is 0.353 e. The molecule has 0 radical (unpaired) electrons. The zero-order valence-corrected chi connectivity index (χ0v) is 64.3. The van der Waals surface area contributed by atoms with Gasteiger partial charge in [-0.15, -0.1) is 0 Å². The van der Waals surface area contributed by atoms with Crippen LogP contribution in [0.4, 0.5) is 28.4 Å². The highest BCUT2D eigenvalue weighted by Gasteiger charge is 2.28. The predicted octanol–water partition coefficient (Wildman–Crippen LogP) is 29.9. The fraction of sp³-hybridized carbons (Fsp3) is 0.0600. The SMILES string of the molecule is Brc1ccc2c(c1)-c1ccccc1C2.C/C=C\C1=C(C)c2c(ccc3c2c2cccc4c5ccccc5n3c42)C1.Clc1cccc(Cl)c1N(c1ccccc1)c1ccc2c(c1)-c1ccccc1C2.Clc1cccc(Cl)c1Nc1ccccc1.c1ccc2c(c1)Cc1cc3c4cccc5c6ccccc6n(c3cc1-2)c54. The summed E-state index contributed by atoms with van der Waals surface area (Å²) in [6, 6.07) is 111. The number of anilines is 5. The Morgan fingerprint density at radius 2 is 0.807 bits per heavy atom. The van der Waals surface area contributed by atoms with Gasteiger partial charge in [0.15, 0.2) is 0 Å². The second-order valence-corrected chi connectivity index (χ2v) is 31.0. The Balaban J connectivity index is 0.0000000948. The summed E-state index contributed by atoms with van der Waals surface area (Å²) >= 11 is 28.8. The maximum absolute atomic E-state index is 6.60. The van der Waals surface area contributed by atoms with Gasteiger partial charge < -0.3 is 19.0 Å². The minimum Gasteiger partial charge on any atom is -0.353 e. The molecule has 109 heavy (non-hydrogen) atoms. The molecule has 4 aliphatic carbocycles. The molecule has 0 fully saturated rings. The van der Waals surface area contributed by atoms with Crippen molar-refractivity contribution < 1.29 is 0 Å². The second kappa shape index (κ2) is 28.3. The molecular formula is C100H69BrCl4N4.